The van der Waals surface area contributed by atoms with Gasteiger partial charge in [-0.1, -0.05) is 29.8 Å². The molecule has 3 aromatic rings. The van der Waals surface area contributed by atoms with E-state index in [1.807, 2.05) is 0 Å². The maximum atomic E-state index is 13.0. The van der Waals surface area contributed by atoms with Crippen LogP contribution in [0, 0.1) is 11.7 Å². The standard InChI is InChI=1S/C18H18N2OS2/c1-11-6-8-12(9-7-11)10-20-17(21)15-13-4-2-3-5-14(13)23-16(15)19-18(20)22/h6-9H,2-5,10H2,1H3,(H,19,22). The van der Waals surface area contributed by atoms with Gasteiger partial charge in [0.05, 0.1) is 11.9 Å². The van der Waals surface area contributed by atoms with Crippen molar-refractivity contribution in [2.75, 3.05) is 0 Å². The third kappa shape index (κ3) is 2.58. The SMILES string of the molecule is Cc1ccc(Cn2c(=S)[nH]c3sc4c(c3c2=O)CCCC4)cc1. The molecule has 5 heteroatoms. The van der Waals surface area contributed by atoms with Crippen molar-refractivity contribution in [2.24, 2.45) is 0 Å². The summed E-state index contributed by atoms with van der Waals surface area (Å²) < 4.78 is 2.21. The number of hydrogen-bond donors (Lipinski definition) is 1. The largest absolute Gasteiger partial charge is 0.323 e. The monoisotopic (exact) mass is 342 g/mol. The van der Waals surface area contributed by atoms with Crippen molar-refractivity contribution in [3.05, 3.63) is 61.0 Å². The Balaban J connectivity index is 1.88. The number of fused-ring (bicyclic) bond motifs is 3. The highest BCUT2D eigenvalue weighted by atomic mass is 32.1. The van der Waals surface area contributed by atoms with Crippen molar-refractivity contribution in [1.29, 1.82) is 0 Å². The van der Waals surface area contributed by atoms with Gasteiger partial charge in [-0.3, -0.25) is 9.36 Å². The third-order valence-electron chi connectivity index (χ3n) is 4.56. The molecule has 0 bridgehead atoms. The van der Waals surface area contributed by atoms with Gasteiger partial charge in [-0.25, -0.2) is 0 Å². The summed E-state index contributed by atoms with van der Waals surface area (Å²) in [5.41, 5.74) is 3.63. The molecular formula is C18H18N2OS2. The first kappa shape index (κ1) is 14.8. The highest BCUT2D eigenvalue weighted by molar-refractivity contribution is 7.71. The Labute approximate surface area is 143 Å². The van der Waals surface area contributed by atoms with Crippen LogP contribution in [-0.2, 0) is 19.4 Å². The molecule has 3 nitrogen and oxygen atoms in total. The van der Waals surface area contributed by atoms with Crippen molar-refractivity contribution in [3.8, 4) is 0 Å². The number of nitrogens with zero attached hydrogens (tertiary/aromatic N) is 1. The van der Waals surface area contributed by atoms with Gasteiger partial charge in [-0.05, 0) is 56.0 Å². The van der Waals surface area contributed by atoms with Crippen LogP contribution in [-0.4, -0.2) is 9.55 Å². The van der Waals surface area contributed by atoms with E-state index in [-0.39, 0.29) is 5.56 Å². The zero-order chi connectivity index (χ0) is 16.0. The summed E-state index contributed by atoms with van der Waals surface area (Å²) in [5, 5.41) is 0.866. The molecule has 0 spiro atoms. The Morgan fingerprint density at radius 1 is 1.22 bits per heavy atom. The van der Waals surface area contributed by atoms with E-state index in [1.54, 1.807) is 15.9 Å². The Morgan fingerprint density at radius 2 is 1.96 bits per heavy atom. The first-order chi connectivity index (χ1) is 11.1. The van der Waals surface area contributed by atoms with E-state index in [4.69, 9.17) is 12.2 Å². The second kappa shape index (κ2) is 5.73. The maximum absolute atomic E-state index is 13.0. The molecule has 4 rings (SSSR count). The van der Waals surface area contributed by atoms with E-state index in [2.05, 4.69) is 36.2 Å². The molecule has 0 saturated carbocycles. The lowest BCUT2D eigenvalue weighted by molar-refractivity contribution is 0.696. The Hall–Kier alpha value is -1.72. The molecule has 2 heterocycles. The van der Waals surface area contributed by atoms with Crippen LogP contribution in [0.5, 0.6) is 0 Å². The molecule has 2 aromatic heterocycles. The van der Waals surface area contributed by atoms with Gasteiger partial charge in [0.15, 0.2) is 4.77 Å². The molecular weight excluding hydrogens is 324 g/mol. The second-order valence-corrected chi connectivity index (χ2v) is 7.71. The van der Waals surface area contributed by atoms with Gasteiger partial charge in [-0.2, -0.15) is 0 Å². The van der Waals surface area contributed by atoms with E-state index in [0.717, 1.165) is 28.6 Å². The predicted octanol–water partition coefficient (Wildman–Crippen LogP) is 4.36. The number of aromatic amines is 1. The van der Waals surface area contributed by atoms with Crippen LogP contribution in [0.4, 0.5) is 0 Å². The Bertz CT molecular complexity index is 993. The normalized spacial score (nSPS) is 14.1. The number of rotatable bonds is 2. The van der Waals surface area contributed by atoms with Crippen LogP contribution in [0.2, 0.25) is 0 Å². The van der Waals surface area contributed by atoms with Gasteiger partial charge >= 0.3 is 0 Å². The molecule has 1 aliphatic carbocycles. The summed E-state index contributed by atoms with van der Waals surface area (Å²) in [6, 6.07) is 8.25. The second-order valence-electron chi connectivity index (χ2n) is 6.22. The molecule has 0 fully saturated rings. The third-order valence-corrected chi connectivity index (χ3v) is 6.09. The quantitative estimate of drug-likeness (QED) is 0.703. The lowest BCUT2D eigenvalue weighted by atomic mass is 9.97. The molecule has 1 N–H and O–H groups in total. The van der Waals surface area contributed by atoms with Crippen LogP contribution < -0.4 is 5.56 Å². The highest BCUT2D eigenvalue weighted by Gasteiger charge is 2.20. The van der Waals surface area contributed by atoms with Crippen molar-refractivity contribution in [1.82, 2.24) is 9.55 Å². The molecule has 0 aliphatic heterocycles. The van der Waals surface area contributed by atoms with Crippen molar-refractivity contribution >= 4 is 33.8 Å². The first-order valence-corrected chi connectivity index (χ1v) is 9.19. The van der Waals surface area contributed by atoms with Crippen LogP contribution in [0.3, 0.4) is 0 Å². The van der Waals surface area contributed by atoms with Gasteiger partial charge in [-0.15, -0.1) is 11.3 Å². The van der Waals surface area contributed by atoms with Crippen LogP contribution >= 0.6 is 23.6 Å². The Kier molecular flexibility index (Phi) is 3.70. The van der Waals surface area contributed by atoms with Gasteiger partial charge in [0, 0.05) is 4.88 Å². The van der Waals surface area contributed by atoms with Gasteiger partial charge in [0.2, 0.25) is 0 Å². The molecule has 118 valence electrons. The molecule has 1 aromatic carbocycles. The van der Waals surface area contributed by atoms with Gasteiger partial charge in [0.25, 0.3) is 5.56 Å². The highest BCUT2D eigenvalue weighted by Crippen LogP contribution is 2.33. The van der Waals surface area contributed by atoms with E-state index >= 15 is 0 Å². The summed E-state index contributed by atoms with van der Waals surface area (Å²) >= 11 is 7.16. The molecule has 0 unspecified atom stereocenters. The molecule has 0 amide bonds. The summed E-state index contributed by atoms with van der Waals surface area (Å²) in [5.74, 6) is 0. The fourth-order valence-electron chi connectivity index (χ4n) is 3.29. The van der Waals surface area contributed by atoms with Gasteiger partial charge < -0.3 is 4.98 Å². The average Bonchev–Trinajstić information content (AvgIpc) is 2.91. The number of aromatic nitrogens is 2. The molecule has 0 atom stereocenters. The van der Waals surface area contributed by atoms with Crippen molar-refractivity contribution in [2.45, 2.75) is 39.2 Å². The first-order valence-electron chi connectivity index (χ1n) is 7.96. The number of nitrogens with one attached hydrogen (secondary N) is 1. The zero-order valence-corrected chi connectivity index (χ0v) is 14.6. The summed E-state index contributed by atoms with van der Waals surface area (Å²) in [4.78, 5) is 18.6. The number of H-pyrrole nitrogens is 1. The lowest BCUT2D eigenvalue weighted by Gasteiger charge is -2.11. The predicted molar refractivity (Wildman–Crippen MR) is 98.2 cm³/mol. The fourth-order valence-corrected chi connectivity index (χ4v) is 4.89. The number of aryl methyl sites for hydroxylation is 3. The number of thiophene rings is 1. The molecule has 1 aliphatic rings. The minimum atomic E-state index is 0.0590. The van der Waals surface area contributed by atoms with E-state index in [9.17, 15) is 4.79 Å². The fraction of sp³-hybridized carbons (Fsp3) is 0.333. The lowest BCUT2D eigenvalue weighted by Crippen LogP contribution is -2.23. The minimum absolute atomic E-state index is 0.0590. The van der Waals surface area contributed by atoms with Crippen LogP contribution in [0.1, 0.15) is 34.4 Å². The molecule has 23 heavy (non-hydrogen) atoms. The average molecular weight is 342 g/mol. The van der Waals surface area contributed by atoms with E-state index in [1.165, 1.54) is 28.8 Å². The van der Waals surface area contributed by atoms with Gasteiger partial charge in [0.1, 0.15) is 4.83 Å². The minimum Gasteiger partial charge on any atom is -0.323 e. The van der Waals surface area contributed by atoms with Crippen LogP contribution in [0.15, 0.2) is 29.1 Å². The zero-order valence-electron chi connectivity index (χ0n) is 13.0. The number of hydrogen-bond acceptors (Lipinski definition) is 3. The van der Waals surface area contributed by atoms with Crippen molar-refractivity contribution < 1.29 is 0 Å². The topological polar surface area (TPSA) is 37.8 Å². The summed E-state index contributed by atoms with van der Waals surface area (Å²) in [7, 11) is 0. The summed E-state index contributed by atoms with van der Waals surface area (Å²) in [6.45, 7) is 2.58. The Morgan fingerprint density at radius 3 is 2.74 bits per heavy atom. The number of benzene rings is 1. The van der Waals surface area contributed by atoms with E-state index in [0.29, 0.717) is 11.3 Å². The van der Waals surface area contributed by atoms with E-state index < -0.39 is 0 Å². The van der Waals surface area contributed by atoms with Crippen LogP contribution in [0.25, 0.3) is 10.2 Å². The van der Waals surface area contributed by atoms with Crippen molar-refractivity contribution in [3.63, 3.8) is 0 Å². The summed E-state index contributed by atoms with van der Waals surface area (Å²) in [6.07, 6.45) is 4.50. The maximum Gasteiger partial charge on any atom is 0.263 e. The molecule has 0 radical (unpaired) electrons. The molecule has 0 saturated heterocycles. The smallest absolute Gasteiger partial charge is 0.263 e.